The number of hydrogen-bond donors (Lipinski definition) is 2. The molecule has 0 saturated heterocycles. The molecule has 0 aromatic heterocycles. The molecule has 0 aliphatic rings. The lowest BCUT2D eigenvalue weighted by Gasteiger charge is -2.09. The van der Waals surface area contributed by atoms with Gasteiger partial charge < -0.3 is 10.6 Å². The fourth-order valence-electron chi connectivity index (χ4n) is 2.30. The molecule has 110 valence electrons. The van der Waals surface area contributed by atoms with Crippen LogP contribution >= 0.6 is 0 Å². The Balaban J connectivity index is 1.80. The Bertz CT molecular complexity index is 597. The van der Waals surface area contributed by atoms with Gasteiger partial charge in [0.25, 0.3) is 0 Å². The van der Waals surface area contributed by atoms with Crippen LogP contribution in [0.25, 0.3) is 0 Å². The molecule has 3 nitrogen and oxygen atoms in total. The molecule has 0 radical (unpaired) electrons. The van der Waals surface area contributed by atoms with Crippen LogP contribution in [0.5, 0.6) is 0 Å². The SMILES string of the molecule is Cc1ccc(CCNC(=O)Nc2cc(C)cc(C)c2)cc1. The van der Waals surface area contributed by atoms with Crippen molar-refractivity contribution in [2.75, 3.05) is 11.9 Å². The van der Waals surface area contributed by atoms with E-state index in [1.807, 2.05) is 26.0 Å². The lowest BCUT2D eigenvalue weighted by Crippen LogP contribution is -2.30. The second kappa shape index (κ2) is 6.93. The van der Waals surface area contributed by atoms with E-state index in [1.54, 1.807) is 0 Å². The highest BCUT2D eigenvalue weighted by molar-refractivity contribution is 5.89. The Morgan fingerprint density at radius 2 is 1.52 bits per heavy atom. The summed E-state index contributed by atoms with van der Waals surface area (Å²) in [5.41, 5.74) is 5.60. The largest absolute Gasteiger partial charge is 0.338 e. The van der Waals surface area contributed by atoms with E-state index in [-0.39, 0.29) is 6.03 Å². The summed E-state index contributed by atoms with van der Waals surface area (Å²) in [6.07, 6.45) is 0.834. The van der Waals surface area contributed by atoms with Crippen LogP contribution in [0.15, 0.2) is 42.5 Å². The van der Waals surface area contributed by atoms with Gasteiger partial charge in [-0.15, -0.1) is 0 Å². The minimum atomic E-state index is -0.160. The first-order valence-corrected chi connectivity index (χ1v) is 7.21. The molecule has 0 fully saturated rings. The number of carbonyl (C=O) groups excluding carboxylic acids is 1. The van der Waals surface area contributed by atoms with E-state index in [9.17, 15) is 4.79 Å². The number of benzene rings is 2. The third-order valence-electron chi connectivity index (χ3n) is 3.30. The molecule has 0 spiro atoms. The Hall–Kier alpha value is -2.29. The van der Waals surface area contributed by atoms with E-state index in [1.165, 1.54) is 11.1 Å². The number of hydrogen-bond acceptors (Lipinski definition) is 1. The van der Waals surface area contributed by atoms with Gasteiger partial charge in [-0.2, -0.15) is 0 Å². The van der Waals surface area contributed by atoms with Gasteiger partial charge in [-0.3, -0.25) is 0 Å². The van der Waals surface area contributed by atoms with E-state index in [0.29, 0.717) is 6.54 Å². The fraction of sp³-hybridized carbons (Fsp3) is 0.278. The molecule has 0 bridgehead atoms. The molecule has 0 saturated carbocycles. The summed E-state index contributed by atoms with van der Waals surface area (Å²) >= 11 is 0. The van der Waals surface area contributed by atoms with Gasteiger partial charge >= 0.3 is 6.03 Å². The van der Waals surface area contributed by atoms with E-state index >= 15 is 0 Å². The lowest BCUT2D eigenvalue weighted by atomic mass is 10.1. The Kier molecular flexibility index (Phi) is 4.99. The summed E-state index contributed by atoms with van der Waals surface area (Å²) in [5, 5.41) is 5.75. The molecular formula is C18H22N2O. The summed E-state index contributed by atoms with van der Waals surface area (Å²) in [4.78, 5) is 11.9. The molecule has 0 aliphatic heterocycles. The van der Waals surface area contributed by atoms with Crippen LogP contribution < -0.4 is 10.6 Å². The van der Waals surface area contributed by atoms with Crippen molar-refractivity contribution >= 4 is 11.7 Å². The lowest BCUT2D eigenvalue weighted by molar-refractivity contribution is 0.252. The van der Waals surface area contributed by atoms with E-state index in [4.69, 9.17) is 0 Å². The summed E-state index contributed by atoms with van der Waals surface area (Å²) in [6.45, 7) is 6.74. The number of rotatable bonds is 4. The summed E-state index contributed by atoms with van der Waals surface area (Å²) in [5.74, 6) is 0. The maximum absolute atomic E-state index is 11.9. The van der Waals surface area contributed by atoms with Crippen LogP contribution in [-0.2, 0) is 6.42 Å². The zero-order chi connectivity index (χ0) is 15.2. The van der Waals surface area contributed by atoms with Crippen molar-refractivity contribution in [3.8, 4) is 0 Å². The van der Waals surface area contributed by atoms with Crippen LogP contribution in [-0.4, -0.2) is 12.6 Å². The third kappa shape index (κ3) is 4.95. The van der Waals surface area contributed by atoms with Gasteiger partial charge in [0.05, 0.1) is 0 Å². The number of anilines is 1. The highest BCUT2D eigenvalue weighted by Gasteiger charge is 2.02. The van der Waals surface area contributed by atoms with Gasteiger partial charge in [-0.25, -0.2) is 4.79 Å². The summed E-state index contributed by atoms with van der Waals surface area (Å²) in [7, 11) is 0. The van der Waals surface area contributed by atoms with Crippen LogP contribution in [0.4, 0.5) is 10.5 Å². The first-order valence-electron chi connectivity index (χ1n) is 7.21. The van der Waals surface area contributed by atoms with Crippen LogP contribution in [0.3, 0.4) is 0 Å². The number of carbonyl (C=O) groups is 1. The fourth-order valence-corrected chi connectivity index (χ4v) is 2.30. The first-order chi connectivity index (χ1) is 10.0. The van der Waals surface area contributed by atoms with Crippen molar-refractivity contribution in [2.45, 2.75) is 27.2 Å². The van der Waals surface area contributed by atoms with Crippen LogP contribution in [0.2, 0.25) is 0 Å². The quantitative estimate of drug-likeness (QED) is 0.875. The topological polar surface area (TPSA) is 41.1 Å². The van der Waals surface area contributed by atoms with Gasteiger partial charge in [0.15, 0.2) is 0 Å². The van der Waals surface area contributed by atoms with Crippen molar-refractivity contribution < 1.29 is 4.79 Å². The summed E-state index contributed by atoms with van der Waals surface area (Å²) < 4.78 is 0. The van der Waals surface area contributed by atoms with Crippen molar-refractivity contribution in [2.24, 2.45) is 0 Å². The van der Waals surface area contributed by atoms with Crippen molar-refractivity contribution in [1.82, 2.24) is 5.32 Å². The Labute approximate surface area is 126 Å². The second-order valence-corrected chi connectivity index (χ2v) is 5.49. The zero-order valence-electron chi connectivity index (χ0n) is 12.9. The van der Waals surface area contributed by atoms with Crippen molar-refractivity contribution in [3.63, 3.8) is 0 Å². The first kappa shape index (κ1) is 15.1. The summed E-state index contributed by atoms with van der Waals surface area (Å²) in [6, 6.07) is 14.2. The molecule has 21 heavy (non-hydrogen) atoms. The molecule has 3 heteroatoms. The third-order valence-corrected chi connectivity index (χ3v) is 3.30. The molecule has 0 atom stereocenters. The average molecular weight is 282 g/mol. The monoisotopic (exact) mass is 282 g/mol. The molecule has 0 unspecified atom stereocenters. The Morgan fingerprint density at radius 3 is 2.14 bits per heavy atom. The molecule has 0 aliphatic carbocycles. The predicted octanol–water partition coefficient (Wildman–Crippen LogP) is 3.98. The van der Waals surface area contributed by atoms with Crippen LogP contribution in [0, 0.1) is 20.8 Å². The predicted molar refractivity (Wildman–Crippen MR) is 87.8 cm³/mol. The standard InChI is InChI=1S/C18H22N2O/c1-13-4-6-16(7-5-13)8-9-19-18(21)20-17-11-14(2)10-15(3)12-17/h4-7,10-12H,8-9H2,1-3H3,(H2,19,20,21). The van der Waals surface area contributed by atoms with E-state index < -0.39 is 0 Å². The van der Waals surface area contributed by atoms with Gasteiger partial charge in [-0.1, -0.05) is 35.9 Å². The molecule has 0 heterocycles. The van der Waals surface area contributed by atoms with Crippen molar-refractivity contribution in [1.29, 1.82) is 0 Å². The molecule has 2 rings (SSSR count). The van der Waals surface area contributed by atoms with Gasteiger partial charge in [0.2, 0.25) is 0 Å². The van der Waals surface area contributed by atoms with E-state index in [2.05, 4.69) is 47.9 Å². The molecule has 2 amide bonds. The number of nitrogens with one attached hydrogen (secondary N) is 2. The molecular weight excluding hydrogens is 260 g/mol. The van der Waals surface area contributed by atoms with Crippen LogP contribution in [0.1, 0.15) is 22.3 Å². The Morgan fingerprint density at radius 1 is 0.905 bits per heavy atom. The zero-order valence-corrected chi connectivity index (χ0v) is 12.9. The van der Waals surface area contributed by atoms with Gasteiger partial charge in [0.1, 0.15) is 0 Å². The number of aryl methyl sites for hydroxylation is 3. The normalized spacial score (nSPS) is 10.2. The number of urea groups is 1. The molecule has 2 N–H and O–H groups in total. The highest BCUT2D eigenvalue weighted by Crippen LogP contribution is 2.13. The number of amides is 2. The van der Waals surface area contributed by atoms with Gasteiger partial charge in [0, 0.05) is 12.2 Å². The maximum Gasteiger partial charge on any atom is 0.319 e. The minimum absolute atomic E-state index is 0.160. The maximum atomic E-state index is 11.9. The minimum Gasteiger partial charge on any atom is -0.338 e. The smallest absolute Gasteiger partial charge is 0.319 e. The van der Waals surface area contributed by atoms with E-state index in [0.717, 1.165) is 23.2 Å². The average Bonchev–Trinajstić information content (AvgIpc) is 2.39. The highest BCUT2D eigenvalue weighted by atomic mass is 16.2. The second-order valence-electron chi connectivity index (χ2n) is 5.49. The molecule has 2 aromatic carbocycles. The van der Waals surface area contributed by atoms with Gasteiger partial charge in [-0.05, 0) is 56.0 Å². The molecule has 2 aromatic rings. The van der Waals surface area contributed by atoms with Crippen molar-refractivity contribution in [3.05, 3.63) is 64.7 Å².